The summed E-state index contributed by atoms with van der Waals surface area (Å²) in [5.41, 5.74) is 0.824. The van der Waals surface area contributed by atoms with E-state index < -0.39 is 0 Å². The lowest BCUT2D eigenvalue weighted by Crippen LogP contribution is -2.54. The summed E-state index contributed by atoms with van der Waals surface area (Å²) >= 11 is 0. The number of carbonyl (C=O) groups excluding carboxylic acids is 1. The minimum atomic E-state index is -0.154. The average Bonchev–Trinajstić information content (AvgIpc) is 3.04. The molecule has 0 aromatic carbocycles. The number of carbonyl (C=O) groups is 1. The number of hydrogen-bond donors (Lipinski definition) is 1. The number of rotatable bonds is 5. The second-order valence-electron chi connectivity index (χ2n) is 13.0. The Morgan fingerprint density at radius 1 is 0.933 bits per heavy atom. The number of aliphatic hydroxyl groups is 1. The van der Waals surface area contributed by atoms with Gasteiger partial charge in [0.1, 0.15) is 5.78 Å². The van der Waals surface area contributed by atoms with Gasteiger partial charge in [0.25, 0.3) is 0 Å². The van der Waals surface area contributed by atoms with E-state index in [0.717, 1.165) is 43.4 Å². The van der Waals surface area contributed by atoms with Gasteiger partial charge in [-0.1, -0.05) is 41.5 Å². The van der Waals surface area contributed by atoms with Crippen molar-refractivity contribution >= 4 is 5.78 Å². The van der Waals surface area contributed by atoms with Gasteiger partial charge in [-0.3, -0.25) is 4.79 Å². The summed E-state index contributed by atoms with van der Waals surface area (Å²) in [6.07, 6.45) is 11.7. The molecule has 0 bridgehead atoms. The van der Waals surface area contributed by atoms with E-state index >= 15 is 0 Å². The van der Waals surface area contributed by atoms with Crippen molar-refractivity contribution in [3.8, 4) is 0 Å². The first-order valence-electron chi connectivity index (χ1n) is 13.3. The van der Waals surface area contributed by atoms with Crippen LogP contribution in [0.25, 0.3) is 0 Å². The number of hydrogen-bond acceptors (Lipinski definition) is 2. The fourth-order valence-corrected chi connectivity index (χ4v) is 9.09. The lowest BCUT2D eigenvalue weighted by molar-refractivity contribution is -0.141. The van der Waals surface area contributed by atoms with Crippen molar-refractivity contribution in [1.29, 1.82) is 0 Å². The predicted molar refractivity (Wildman–Crippen MR) is 124 cm³/mol. The third-order valence-electron chi connectivity index (χ3n) is 11.5. The van der Waals surface area contributed by atoms with E-state index in [9.17, 15) is 9.90 Å². The molecule has 0 aromatic rings. The molecule has 172 valence electrons. The fraction of sp³-hybridized carbons (Fsp3) is 0.964. The Kier molecular flexibility index (Phi) is 6.23. The van der Waals surface area contributed by atoms with Crippen LogP contribution < -0.4 is 0 Å². The number of aliphatic hydroxyl groups excluding tert-OH is 1. The van der Waals surface area contributed by atoms with Crippen LogP contribution in [0.5, 0.6) is 0 Å². The van der Waals surface area contributed by atoms with Crippen LogP contribution in [-0.4, -0.2) is 17.0 Å². The first-order chi connectivity index (χ1) is 14.1. The maximum atomic E-state index is 12.1. The topological polar surface area (TPSA) is 37.3 Å². The molecule has 0 aliphatic heterocycles. The highest BCUT2D eigenvalue weighted by molar-refractivity contribution is 5.79. The molecule has 10 atom stereocenters. The second-order valence-corrected chi connectivity index (χ2v) is 13.0. The molecule has 4 rings (SSSR count). The average molecular weight is 417 g/mol. The van der Waals surface area contributed by atoms with E-state index in [2.05, 4.69) is 41.5 Å². The van der Waals surface area contributed by atoms with Crippen molar-refractivity contribution in [2.45, 2.75) is 112 Å². The molecule has 0 saturated heterocycles. The van der Waals surface area contributed by atoms with Gasteiger partial charge in [0.2, 0.25) is 0 Å². The minimum absolute atomic E-state index is 0.154. The lowest BCUT2D eigenvalue weighted by Gasteiger charge is -2.60. The molecular weight excluding hydrogens is 368 g/mol. The van der Waals surface area contributed by atoms with Gasteiger partial charge in [-0.25, -0.2) is 0 Å². The zero-order valence-corrected chi connectivity index (χ0v) is 20.6. The Morgan fingerprint density at radius 2 is 1.63 bits per heavy atom. The first-order valence-corrected chi connectivity index (χ1v) is 13.3. The molecule has 0 amide bonds. The summed E-state index contributed by atoms with van der Waals surface area (Å²) in [5.74, 6) is 6.04. The lowest BCUT2D eigenvalue weighted by atomic mass is 9.44. The van der Waals surface area contributed by atoms with Crippen LogP contribution in [-0.2, 0) is 4.79 Å². The molecule has 0 heterocycles. The van der Waals surface area contributed by atoms with Crippen LogP contribution in [0.2, 0.25) is 0 Å². The van der Waals surface area contributed by atoms with E-state index in [1.54, 1.807) is 0 Å². The highest BCUT2D eigenvalue weighted by atomic mass is 16.3. The van der Waals surface area contributed by atoms with Crippen molar-refractivity contribution in [1.82, 2.24) is 0 Å². The van der Waals surface area contributed by atoms with Gasteiger partial charge in [0.15, 0.2) is 0 Å². The number of fused-ring (bicyclic) bond motifs is 5. The van der Waals surface area contributed by atoms with E-state index in [-0.39, 0.29) is 6.10 Å². The Morgan fingerprint density at radius 3 is 2.33 bits per heavy atom. The van der Waals surface area contributed by atoms with Crippen molar-refractivity contribution in [3.05, 3.63) is 0 Å². The molecule has 2 nitrogen and oxygen atoms in total. The van der Waals surface area contributed by atoms with Gasteiger partial charge in [-0.05, 0) is 110 Å². The van der Waals surface area contributed by atoms with Crippen molar-refractivity contribution in [2.75, 3.05) is 0 Å². The third kappa shape index (κ3) is 3.61. The molecular formula is C28H48O2. The standard InChI is InChI=1S/C28H48O2/c1-17(2)18(3)15-26(30)19(4)23-9-10-24-22-8-7-20-16-21(29)11-13-27(20,5)25(22)12-14-28(23,24)6/h17-20,22-26,30H,7-16H2,1-6H3/t18-,19+,20+,22-,23+,24-,25-,26?,27-,28-/m0/s1. The quantitative estimate of drug-likeness (QED) is 0.529. The summed E-state index contributed by atoms with van der Waals surface area (Å²) in [5, 5.41) is 11.1. The summed E-state index contributed by atoms with van der Waals surface area (Å²) < 4.78 is 0. The van der Waals surface area contributed by atoms with Crippen LogP contribution in [0, 0.1) is 58.2 Å². The second kappa shape index (κ2) is 8.20. The maximum Gasteiger partial charge on any atom is 0.133 e. The van der Waals surface area contributed by atoms with Crippen molar-refractivity contribution in [3.63, 3.8) is 0 Å². The summed E-state index contributed by atoms with van der Waals surface area (Å²) in [7, 11) is 0. The third-order valence-corrected chi connectivity index (χ3v) is 11.5. The summed E-state index contributed by atoms with van der Waals surface area (Å²) in [4.78, 5) is 12.1. The largest absolute Gasteiger partial charge is 0.393 e. The van der Waals surface area contributed by atoms with Crippen LogP contribution in [0.15, 0.2) is 0 Å². The predicted octanol–water partition coefficient (Wildman–Crippen LogP) is 6.89. The van der Waals surface area contributed by atoms with E-state index in [1.807, 2.05) is 0 Å². The van der Waals surface area contributed by atoms with Crippen LogP contribution in [0.3, 0.4) is 0 Å². The van der Waals surface area contributed by atoms with Crippen LogP contribution >= 0.6 is 0 Å². The smallest absolute Gasteiger partial charge is 0.133 e. The molecule has 30 heavy (non-hydrogen) atoms. The molecule has 0 aromatic heterocycles. The first kappa shape index (κ1) is 22.8. The molecule has 4 fully saturated rings. The highest BCUT2D eigenvalue weighted by Gasteiger charge is 2.60. The van der Waals surface area contributed by atoms with E-state index in [0.29, 0.717) is 46.2 Å². The van der Waals surface area contributed by atoms with Gasteiger partial charge in [0, 0.05) is 12.8 Å². The van der Waals surface area contributed by atoms with E-state index in [1.165, 1.54) is 38.5 Å². The molecule has 4 saturated carbocycles. The normalized spacial score (nSPS) is 46.7. The van der Waals surface area contributed by atoms with E-state index in [4.69, 9.17) is 0 Å². The Hall–Kier alpha value is -0.370. The fourth-order valence-electron chi connectivity index (χ4n) is 9.09. The van der Waals surface area contributed by atoms with Gasteiger partial charge in [-0.2, -0.15) is 0 Å². The Balaban J connectivity index is 1.49. The Labute approximate surface area is 186 Å². The zero-order chi connectivity index (χ0) is 21.8. The molecule has 4 aliphatic rings. The molecule has 0 radical (unpaired) electrons. The monoisotopic (exact) mass is 416 g/mol. The number of ketones is 1. The summed E-state index contributed by atoms with van der Waals surface area (Å²) in [6, 6.07) is 0. The van der Waals surface area contributed by atoms with Gasteiger partial charge in [-0.15, -0.1) is 0 Å². The van der Waals surface area contributed by atoms with Crippen LogP contribution in [0.1, 0.15) is 106 Å². The molecule has 0 spiro atoms. The maximum absolute atomic E-state index is 12.1. The van der Waals surface area contributed by atoms with Gasteiger partial charge in [0.05, 0.1) is 6.10 Å². The van der Waals surface area contributed by atoms with Gasteiger partial charge < -0.3 is 5.11 Å². The molecule has 4 aliphatic carbocycles. The zero-order valence-electron chi connectivity index (χ0n) is 20.6. The van der Waals surface area contributed by atoms with Crippen molar-refractivity contribution < 1.29 is 9.90 Å². The molecule has 2 heteroatoms. The molecule has 1 unspecified atom stereocenters. The minimum Gasteiger partial charge on any atom is -0.393 e. The molecule has 1 N–H and O–H groups in total. The van der Waals surface area contributed by atoms with Gasteiger partial charge >= 0.3 is 0 Å². The van der Waals surface area contributed by atoms with Crippen molar-refractivity contribution in [2.24, 2.45) is 58.2 Å². The number of Topliss-reactive ketones (excluding diaryl/α,β-unsaturated/α-hetero) is 1. The summed E-state index contributed by atoms with van der Waals surface area (Å²) in [6.45, 7) is 14.4. The Bertz CT molecular complexity index is 641. The van der Waals surface area contributed by atoms with Crippen LogP contribution in [0.4, 0.5) is 0 Å². The highest BCUT2D eigenvalue weighted by Crippen LogP contribution is 2.68. The SMILES string of the molecule is CC(C)[C@@H](C)CC(O)[C@H](C)[C@H]1CC[C@H]2[C@@H]3CC[C@@H]4CC(=O)CC[C@]4(C)[C@H]3CC[C@@]12C.